The van der Waals surface area contributed by atoms with Gasteiger partial charge in [0.1, 0.15) is 4.90 Å². The van der Waals surface area contributed by atoms with E-state index in [1.54, 1.807) is 6.07 Å². The van der Waals surface area contributed by atoms with Crippen LogP contribution in [0.1, 0.15) is 38.2 Å². The Balaban J connectivity index is 2.17. The Morgan fingerprint density at radius 2 is 2.00 bits per heavy atom. The van der Waals surface area contributed by atoms with E-state index >= 15 is 0 Å². The fraction of sp³-hybridized carbons (Fsp3) is 0.571. The zero-order valence-corrected chi connectivity index (χ0v) is 13.1. The molecule has 0 bridgehead atoms. The van der Waals surface area contributed by atoms with E-state index in [9.17, 15) is 8.42 Å². The van der Waals surface area contributed by atoms with Crippen LogP contribution >= 0.6 is 11.6 Å². The number of benzene rings is 1. The monoisotopic (exact) mass is 317 g/mol. The number of aliphatic hydroxyl groups excluding tert-OH is 1. The third-order valence-corrected chi connectivity index (χ3v) is 5.85. The molecule has 1 fully saturated rings. The zero-order valence-electron chi connectivity index (χ0n) is 11.5. The maximum atomic E-state index is 12.3. The van der Waals surface area contributed by atoms with E-state index in [0.717, 1.165) is 25.7 Å². The minimum absolute atomic E-state index is 0.0345. The van der Waals surface area contributed by atoms with Gasteiger partial charge in [-0.2, -0.15) is 0 Å². The third-order valence-electron chi connectivity index (χ3n) is 3.97. The maximum absolute atomic E-state index is 12.3. The van der Waals surface area contributed by atoms with Crippen molar-refractivity contribution in [2.45, 2.75) is 44.1 Å². The Hall–Kier alpha value is -0.620. The molecule has 0 aliphatic heterocycles. The standard InChI is InChI=1S/C14H20ClNO3S/c1-14(6-2-3-7-14)10-16-20(18,19)13-8-11(9-17)4-5-12(13)15/h4-5,8,16-17H,2-3,6-7,9-10H2,1H3. The second kappa shape index (κ2) is 6.02. The summed E-state index contributed by atoms with van der Waals surface area (Å²) in [6, 6.07) is 4.53. The van der Waals surface area contributed by atoms with Gasteiger partial charge >= 0.3 is 0 Å². The van der Waals surface area contributed by atoms with Crippen molar-refractivity contribution < 1.29 is 13.5 Å². The van der Waals surface area contributed by atoms with Gasteiger partial charge in [-0.15, -0.1) is 0 Å². The minimum atomic E-state index is -3.64. The highest BCUT2D eigenvalue weighted by atomic mass is 35.5. The molecular formula is C14H20ClNO3S. The molecule has 4 nitrogen and oxygen atoms in total. The van der Waals surface area contributed by atoms with Crippen molar-refractivity contribution in [3.8, 4) is 0 Å². The van der Waals surface area contributed by atoms with Gasteiger partial charge in [0.05, 0.1) is 11.6 Å². The molecule has 0 aromatic heterocycles. The second-order valence-corrected chi connectivity index (χ2v) is 7.91. The number of aliphatic hydroxyl groups is 1. The predicted molar refractivity (Wildman–Crippen MR) is 79.1 cm³/mol. The van der Waals surface area contributed by atoms with Crippen molar-refractivity contribution in [2.75, 3.05) is 6.54 Å². The normalized spacial score (nSPS) is 18.4. The quantitative estimate of drug-likeness (QED) is 0.877. The lowest BCUT2D eigenvalue weighted by Gasteiger charge is -2.23. The highest BCUT2D eigenvalue weighted by Crippen LogP contribution is 2.37. The molecule has 1 aliphatic rings. The van der Waals surface area contributed by atoms with E-state index in [2.05, 4.69) is 11.6 Å². The summed E-state index contributed by atoms with van der Waals surface area (Å²) in [6.45, 7) is 2.32. The van der Waals surface area contributed by atoms with Gasteiger partial charge in [0.15, 0.2) is 0 Å². The molecule has 0 amide bonds. The summed E-state index contributed by atoms with van der Waals surface area (Å²) in [4.78, 5) is 0.0345. The van der Waals surface area contributed by atoms with E-state index in [1.165, 1.54) is 12.1 Å². The Morgan fingerprint density at radius 1 is 1.35 bits per heavy atom. The molecule has 6 heteroatoms. The van der Waals surface area contributed by atoms with Crippen molar-refractivity contribution >= 4 is 21.6 Å². The van der Waals surface area contributed by atoms with Crippen LogP contribution in [0.5, 0.6) is 0 Å². The fourth-order valence-electron chi connectivity index (χ4n) is 2.60. The highest BCUT2D eigenvalue weighted by Gasteiger charge is 2.30. The molecule has 0 saturated heterocycles. The molecule has 0 heterocycles. The summed E-state index contributed by atoms with van der Waals surface area (Å²) >= 11 is 5.97. The van der Waals surface area contributed by atoms with Gasteiger partial charge in [0.25, 0.3) is 0 Å². The van der Waals surface area contributed by atoms with Crippen LogP contribution in [0, 0.1) is 5.41 Å². The molecule has 20 heavy (non-hydrogen) atoms. The highest BCUT2D eigenvalue weighted by molar-refractivity contribution is 7.89. The van der Waals surface area contributed by atoms with E-state index in [0.29, 0.717) is 12.1 Å². The van der Waals surface area contributed by atoms with E-state index in [-0.39, 0.29) is 21.9 Å². The van der Waals surface area contributed by atoms with E-state index < -0.39 is 10.0 Å². The van der Waals surface area contributed by atoms with Crippen molar-refractivity contribution in [3.63, 3.8) is 0 Å². The largest absolute Gasteiger partial charge is 0.392 e. The summed E-state index contributed by atoms with van der Waals surface area (Å²) < 4.78 is 27.3. The van der Waals surface area contributed by atoms with Crippen LogP contribution in [0.15, 0.2) is 23.1 Å². The average Bonchev–Trinajstić information content (AvgIpc) is 2.85. The molecule has 2 rings (SSSR count). The lowest BCUT2D eigenvalue weighted by atomic mass is 9.89. The molecule has 1 aromatic carbocycles. The van der Waals surface area contributed by atoms with Crippen LogP contribution in [-0.4, -0.2) is 20.1 Å². The van der Waals surface area contributed by atoms with Gasteiger partial charge in [-0.05, 0) is 36.0 Å². The number of halogens is 1. The summed E-state index contributed by atoms with van der Waals surface area (Å²) in [7, 11) is -3.64. The molecule has 2 N–H and O–H groups in total. The first kappa shape index (κ1) is 15.8. The summed E-state index contributed by atoms with van der Waals surface area (Å²) in [5.41, 5.74) is 0.565. The maximum Gasteiger partial charge on any atom is 0.242 e. The van der Waals surface area contributed by atoms with Crippen LogP contribution in [0.25, 0.3) is 0 Å². The van der Waals surface area contributed by atoms with Crippen LogP contribution in [0.2, 0.25) is 5.02 Å². The van der Waals surface area contributed by atoms with Gasteiger partial charge in [-0.1, -0.05) is 37.4 Å². The molecule has 0 unspecified atom stereocenters. The molecule has 1 saturated carbocycles. The molecule has 0 atom stereocenters. The van der Waals surface area contributed by atoms with Gasteiger partial charge in [-0.25, -0.2) is 13.1 Å². The van der Waals surface area contributed by atoms with Crippen LogP contribution < -0.4 is 4.72 Å². The summed E-state index contributed by atoms with van der Waals surface area (Å²) in [5, 5.41) is 9.28. The number of hydrogen-bond donors (Lipinski definition) is 2. The van der Waals surface area contributed by atoms with Crippen molar-refractivity contribution in [2.24, 2.45) is 5.41 Å². The fourth-order valence-corrected chi connectivity index (χ4v) is 4.35. The number of hydrogen-bond acceptors (Lipinski definition) is 3. The van der Waals surface area contributed by atoms with Crippen LogP contribution in [0.3, 0.4) is 0 Å². The Morgan fingerprint density at radius 3 is 2.60 bits per heavy atom. The van der Waals surface area contributed by atoms with Gasteiger partial charge in [-0.3, -0.25) is 0 Å². The zero-order chi connectivity index (χ0) is 14.8. The second-order valence-electron chi connectivity index (χ2n) is 5.77. The number of sulfonamides is 1. The minimum Gasteiger partial charge on any atom is -0.392 e. The average molecular weight is 318 g/mol. The van der Waals surface area contributed by atoms with E-state index in [4.69, 9.17) is 16.7 Å². The predicted octanol–water partition coefficient (Wildman–Crippen LogP) is 2.69. The van der Waals surface area contributed by atoms with Crippen molar-refractivity contribution in [3.05, 3.63) is 28.8 Å². The molecule has 112 valence electrons. The van der Waals surface area contributed by atoms with E-state index in [1.807, 2.05) is 0 Å². The molecular weight excluding hydrogens is 298 g/mol. The Bertz CT molecular complexity index is 580. The first-order valence-electron chi connectivity index (χ1n) is 6.75. The topological polar surface area (TPSA) is 66.4 Å². The molecule has 0 spiro atoms. The molecule has 1 aliphatic carbocycles. The first-order chi connectivity index (χ1) is 9.36. The Labute approximate surface area is 125 Å². The van der Waals surface area contributed by atoms with Crippen molar-refractivity contribution in [1.82, 2.24) is 4.72 Å². The smallest absolute Gasteiger partial charge is 0.242 e. The molecule has 1 aromatic rings. The van der Waals surface area contributed by atoms with Gasteiger partial charge < -0.3 is 5.11 Å². The van der Waals surface area contributed by atoms with Crippen molar-refractivity contribution in [1.29, 1.82) is 0 Å². The summed E-state index contributed by atoms with van der Waals surface area (Å²) in [6.07, 6.45) is 4.39. The third kappa shape index (κ3) is 3.52. The van der Waals surface area contributed by atoms with Gasteiger partial charge in [0.2, 0.25) is 10.0 Å². The lowest BCUT2D eigenvalue weighted by Crippen LogP contribution is -2.34. The lowest BCUT2D eigenvalue weighted by molar-refractivity contribution is 0.281. The van der Waals surface area contributed by atoms with Crippen LogP contribution in [-0.2, 0) is 16.6 Å². The Kier molecular flexibility index (Phi) is 4.74. The number of rotatable bonds is 5. The number of nitrogens with one attached hydrogen (secondary N) is 1. The van der Waals surface area contributed by atoms with Crippen LogP contribution in [0.4, 0.5) is 0 Å². The summed E-state index contributed by atoms with van der Waals surface area (Å²) in [5.74, 6) is 0. The molecule has 0 radical (unpaired) electrons. The first-order valence-corrected chi connectivity index (χ1v) is 8.61. The van der Waals surface area contributed by atoms with Gasteiger partial charge in [0, 0.05) is 6.54 Å². The SMILES string of the molecule is CC1(CNS(=O)(=O)c2cc(CO)ccc2Cl)CCCC1.